The minimum Gasteiger partial charge on any atom is -0.350 e. The van der Waals surface area contributed by atoms with Crippen LogP contribution in [0.25, 0.3) is 28.3 Å². The molecule has 2 aromatic carbocycles. The number of hydrogen-bond acceptors (Lipinski definition) is 4. The highest BCUT2D eigenvalue weighted by Crippen LogP contribution is 2.33. The van der Waals surface area contributed by atoms with Crippen LogP contribution in [0.4, 0.5) is 14.7 Å². The zero-order valence-corrected chi connectivity index (χ0v) is 20.2. The molecular formula is C29H27F2N5. The number of fused-ring (bicyclic) bond motifs is 1. The van der Waals surface area contributed by atoms with E-state index in [1.807, 2.05) is 22.7 Å². The van der Waals surface area contributed by atoms with Crippen molar-refractivity contribution in [2.24, 2.45) is 5.92 Å². The molecule has 1 unspecified atom stereocenters. The number of aromatic nitrogens is 4. The van der Waals surface area contributed by atoms with Gasteiger partial charge in [0.05, 0.1) is 17.1 Å². The van der Waals surface area contributed by atoms with E-state index in [4.69, 9.17) is 9.97 Å². The van der Waals surface area contributed by atoms with Gasteiger partial charge in [0.1, 0.15) is 17.3 Å². The van der Waals surface area contributed by atoms with Crippen LogP contribution in [0.2, 0.25) is 0 Å². The molecule has 0 fully saturated rings. The van der Waals surface area contributed by atoms with Crippen LogP contribution in [-0.2, 0) is 13.0 Å². The van der Waals surface area contributed by atoms with Crippen molar-refractivity contribution in [2.45, 2.75) is 33.2 Å². The molecule has 182 valence electrons. The molecule has 36 heavy (non-hydrogen) atoms. The van der Waals surface area contributed by atoms with E-state index in [0.717, 1.165) is 35.3 Å². The van der Waals surface area contributed by atoms with E-state index < -0.39 is 0 Å². The standard InChI is InChI=1S/C29H27F2N5/c1-3-19(2)15-20-12-14-36-26(17-20)35-27(22-7-9-23(30)10-8-22)28(36)25-11-13-32-29(34-25)33-18-21-5-4-6-24(31)16-21/h4-14,16-17,19H,3,15,18H2,1-2H3,(H,32,33,34). The first-order chi connectivity index (χ1) is 17.5. The molecule has 3 heterocycles. The summed E-state index contributed by atoms with van der Waals surface area (Å²) in [5.41, 5.74) is 5.80. The average Bonchev–Trinajstić information content (AvgIpc) is 3.27. The second kappa shape index (κ2) is 10.2. The molecule has 0 aliphatic rings. The maximum atomic E-state index is 13.7. The van der Waals surface area contributed by atoms with Gasteiger partial charge >= 0.3 is 0 Å². The summed E-state index contributed by atoms with van der Waals surface area (Å²) in [5, 5.41) is 3.17. The van der Waals surface area contributed by atoms with Gasteiger partial charge in [-0.2, -0.15) is 0 Å². The van der Waals surface area contributed by atoms with Crippen molar-refractivity contribution in [3.8, 4) is 22.6 Å². The predicted molar refractivity (Wildman–Crippen MR) is 138 cm³/mol. The first kappa shape index (κ1) is 23.6. The minimum atomic E-state index is -0.300. The Kier molecular flexibility index (Phi) is 6.71. The Hall–Kier alpha value is -4.13. The molecule has 5 rings (SSSR count). The number of hydrogen-bond donors (Lipinski definition) is 1. The smallest absolute Gasteiger partial charge is 0.223 e. The number of imidazole rings is 1. The summed E-state index contributed by atoms with van der Waals surface area (Å²) in [6.07, 6.45) is 5.78. The van der Waals surface area contributed by atoms with E-state index in [1.165, 1.54) is 29.8 Å². The van der Waals surface area contributed by atoms with Crippen LogP contribution in [0.3, 0.4) is 0 Å². The summed E-state index contributed by atoms with van der Waals surface area (Å²) in [6.45, 7) is 4.82. The number of benzene rings is 2. The Morgan fingerprint density at radius 3 is 2.53 bits per heavy atom. The highest BCUT2D eigenvalue weighted by atomic mass is 19.1. The van der Waals surface area contributed by atoms with Crippen LogP contribution in [0.1, 0.15) is 31.4 Å². The van der Waals surface area contributed by atoms with Gasteiger partial charge in [0.2, 0.25) is 5.95 Å². The average molecular weight is 484 g/mol. The molecule has 0 aliphatic heterocycles. The molecule has 1 N–H and O–H groups in total. The van der Waals surface area contributed by atoms with Crippen molar-refractivity contribution < 1.29 is 8.78 Å². The van der Waals surface area contributed by atoms with Gasteiger partial charge < -0.3 is 5.32 Å². The summed E-state index contributed by atoms with van der Waals surface area (Å²) in [6, 6.07) is 18.8. The van der Waals surface area contributed by atoms with Gasteiger partial charge in [-0.05, 0) is 78.1 Å². The Balaban J connectivity index is 1.56. The molecule has 1 atom stereocenters. The summed E-state index contributed by atoms with van der Waals surface area (Å²) in [4.78, 5) is 14.0. The molecule has 0 bridgehead atoms. The topological polar surface area (TPSA) is 55.1 Å². The van der Waals surface area contributed by atoms with Crippen LogP contribution >= 0.6 is 0 Å². The van der Waals surface area contributed by atoms with Crippen LogP contribution in [-0.4, -0.2) is 19.4 Å². The van der Waals surface area contributed by atoms with E-state index in [0.29, 0.717) is 29.8 Å². The largest absolute Gasteiger partial charge is 0.350 e. The molecule has 3 aromatic heterocycles. The molecule has 7 heteroatoms. The lowest BCUT2D eigenvalue weighted by molar-refractivity contribution is 0.560. The first-order valence-corrected chi connectivity index (χ1v) is 12.1. The Bertz CT molecular complexity index is 1490. The fourth-order valence-electron chi connectivity index (χ4n) is 4.22. The SMILES string of the molecule is CCC(C)Cc1ccn2c(-c3ccnc(NCc4cccc(F)c4)n3)c(-c3ccc(F)cc3)nc2c1. The predicted octanol–water partition coefficient (Wildman–Crippen LogP) is 6.94. The molecule has 0 spiro atoms. The molecule has 5 nitrogen and oxygen atoms in total. The maximum Gasteiger partial charge on any atom is 0.223 e. The molecule has 0 radical (unpaired) electrons. The third kappa shape index (κ3) is 5.10. The number of rotatable bonds is 8. The van der Waals surface area contributed by atoms with Crippen molar-refractivity contribution in [1.82, 2.24) is 19.4 Å². The third-order valence-electron chi connectivity index (χ3n) is 6.33. The number of pyridine rings is 1. The number of nitrogens with zero attached hydrogens (tertiary/aromatic N) is 4. The number of nitrogens with one attached hydrogen (secondary N) is 1. The third-order valence-corrected chi connectivity index (χ3v) is 6.33. The van der Waals surface area contributed by atoms with Gasteiger partial charge in [-0.3, -0.25) is 4.40 Å². The summed E-state index contributed by atoms with van der Waals surface area (Å²) < 4.78 is 29.2. The van der Waals surface area contributed by atoms with Crippen LogP contribution in [0.15, 0.2) is 79.1 Å². The van der Waals surface area contributed by atoms with E-state index >= 15 is 0 Å². The molecule has 0 saturated heterocycles. The van der Waals surface area contributed by atoms with Crippen molar-refractivity contribution in [1.29, 1.82) is 0 Å². The second-order valence-electron chi connectivity index (χ2n) is 9.05. The van der Waals surface area contributed by atoms with Crippen molar-refractivity contribution in [2.75, 3.05) is 5.32 Å². The van der Waals surface area contributed by atoms with Gasteiger partial charge in [0, 0.05) is 24.5 Å². The summed E-state index contributed by atoms with van der Waals surface area (Å²) in [5.74, 6) is 0.411. The second-order valence-corrected chi connectivity index (χ2v) is 9.05. The molecule has 0 aliphatic carbocycles. The monoisotopic (exact) mass is 483 g/mol. The van der Waals surface area contributed by atoms with Crippen LogP contribution in [0.5, 0.6) is 0 Å². The molecule has 0 saturated carbocycles. The van der Waals surface area contributed by atoms with Gasteiger partial charge in [-0.1, -0.05) is 32.4 Å². The molecular weight excluding hydrogens is 456 g/mol. The minimum absolute atomic E-state index is 0.286. The highest BCUT2D eigenvalue weighted by Gasteiger charge is 2.18. The van der Waals surface area contributed by atoms with Gasteiger partial charge in [0.25, 0.3) is 0 Å². The first-order valence-electron chi connectivity index (χ1n) is 12.1. The Labute approximate surface area is 208 Å². The van der Waals surface area contributed by atoms with Crippen LogP contribution in [0, 0.1) is 17.6 Å². The Morgan fingerprint density at radius 1 is 0.917 bits per heavy atom. The van der Waals surface area contributed by atoms with Gasteiger partial charge in [-0.25, -0.2) is 23.7 Å². The quantitative estimate of drug-likeness (QED) is 0.260. The zero-order chi connectivity index (χ0) is 25.1. The van der Waals surface area contributed by atoms with E-state index in [2.05, 4.69) is 36.3 Å². The summed E-state index contributed by atoms with van der Waals surface area (Å²) >= 11 is 0. The van der Waals surface area contributed by atoms with Crippen molar-refractivity contribution in [3.05, 3.63) is 102 Å². The lowest BCUT2D eigenvalue weighted by atomic mass is 10.00. The normalized spacial score (nSPS) is 12.1. The van der Waals surface area contributed by atoms with E-state index in [1.54, 1.807) is 24.4 Å². The number of halogens is 2. The maximum absolute atomic E-state index is 13.7. The van der Waals surface area contributed by atoms with Crippen LogP contribution < -0.4 is 5.32 Å². The lowest BCUT2D eigenvalue weighted by Gasteiger charge is -2.10. The molecule has 5 aromatic rings. The van der Waals surface area contributed by atoms with Gasteiger partial charge in [-0.15, -0.1) is 0 Å². The van der Waals surface area contributed by atoms with Gasteiger partial charge in [0.15, 0.2) is 0 Å². The fourth-order valence-corrected chi connectivity index (χ4v) is 4.22. The van der Waals surface area contributed by atoms with E-state index in [-0.39, 0.29) is 11.6 Å². The van der Waals surface area contributed by atoms with E-state index in [9.17, 15) is 8.78 Å². The van der Waals surface area contributed by atoms with Crippen molar-refractivity contribution >= 4 is 11.6 Å². The lowest BCUT2D eigenvalue weighted by Crippen LogP contribution is -2.05. The summed E-state index contributed by atoms with van der Waals surface area (Å²) in [7, 11) is 0. The fraction of sp³-hybridized carbons (Fsp3) is 0.207. The number of anilines is 1. The highest BCUT2D eigenvalue weighted by molar-refractivity contribution is 5.80. The molecule has 0 amide bonds. The van der Waals surface area contributed by atoms with Crippen molar-refractivity contribution in [3.63, 3.8) is 0 Å². The zero-order valence-electron chi connectivity index (χ0n) is 20.2. The Morgan fingerprint density at radius 2 is 1.75 bits per heavy atom.